The zero-order valence-corrected chi connectivity index (χ0v) is 7.84. The van der Waals surface area contributed by atoms with Crippen molar-refractivity contribution in [1.82, 2.24) is 10.5 Å². The number of hydrogen-bond donors (Lipinski definition) is 2. The first-order chi connectivity index (χ1) is 7.22. The molecule has 1 heterocycles. The smallest absolute Gasteiger partial charge is 0.295 e. The predicted octanol–water partition coefficient (Wildman–Crippen LogP) is 0.209. The minimum Gasteiger partial charge on any atom is -0.368 e. The molecule has 1 aromatic rings. The Kier molecular flexibility index (Phi) is 2.09. The van der Waals surface area contributed by atoms with Gasteiger partial charge in [-0.3, -0.25) is 4.79 Å². The highest BCUT2D eigenvalue weighted by Crippen LogP contribution is 2.21. The Morgan fingerprint density at radius 1 is 1.47 bits per heavy atom. The highest BCUT2D eigenvalue weighted by Gasteiger charge is 2.21. The lowest BCUT2D eigenvalue weighted by atomic mass is 10.2. The van der Waals surface area contributed by atoms with E-state index >= 15 is 0 Å². The lowest BCUT2D eigenvalue weighted by Crippen LogP contribution is -2.44. The van der Waals surface area contributed by atoms with Crippen LogP contribution in [0, 0.1) is 0 Å². The minimum absolute atomic E-state index is 0.0979. The van der Waals surface area contributed by atoms with Crippen molar-refractivity contribution in [2.45, 2.75) is 0 Å². The average molecular weight is 203 g/mol. The van der Waals surface area contributed by atoms with Crippen LogP contribution < -0.4 is 11.2 Å². The Morgan fingerprint density at radius 3 is 2.93 bits per heavy atom. The molecule has 0 atom stereocenters. The number of rotatable bonds is 1. The molecule has 0 spiro atoms. The van der Waals surface area contributed by atoms with Gasteiger partial charge in [-0.05, 0) is 12.1 Å². The van der Waals surface area contributed by atoms with Crippen molar-refractivity contribution in [2.24, 2.45) is 15.8 Å². The van der Waals surface area contributed by atoms with Crippen molar-refractivity contribution in [3.8, 4) is 0 Å². The molecule has 0 bridgehead atoms. The van der Waals surface area contributed by atoms with Crippen LogP contribution in [0.15, 0.2) is 34.4 Å². The molecule has 0 fully saturated rings. The SMILES string of the molecule is C=NN1NC(N)=Nc2ccccc2C1=O. The van der Waals surface area contributed by atoms with Crippen molar-refractivity contribution >= 4 is 24.3 Å². The maximum absolute atomic E-state index is 11.8. The Morgan fingerprint density at radius 2 is 2.20 bits per heavy atom. The van der Waals surface area contributed by atoms with Gasteiger partial charge >= 0.3 is 0 Å². The summed E-state index contributed by atoms with van der Waals surface area (Å²) in [5.74, 6) is -0.245. The lowest BCUT2D eigenvalue weighted by molar-refractivity contribution is 0.0721. The van der Waals surface area contributed by atoms with Gasteiger partial charge in [-0.2, -0.15) is 5.10 Å². The summed E-state index contributed by atoms with van der Waals surface area (Å²) in [6, 6.07) is 6.88. The van der Waals surface area contributed by atoms with Gasteiger partial charge in [0.25, 0.3) is 5.91 Å². The van der Waals surface area contributed by atoms with Crippen LogP contribution in [0.1, 0.15) is 10.4 Å². The number of hydrazine groups is 1. The van der Waals surface area contributed by atoms with Gasteiger partial charge in [0, 0.05) is 6.72 Å². The Labute approximate surface area is 86.1 Å². The second-order valence-corrected chi connectivity index (χ2v) is 2.88. The number of benzene rings is 1. The third kappa shape index (κ3) is 1.52. The average Bonchev–Trinajstić information content (AvgIpc) is 2.36. The number of carbonyl (C=O) groups excluding carboxylic acids is 1. The van der Waals surface area contributed by atoms with Crippen LogP contribution in [0.25, 0.3) is 0 Å². The van der Waals surface area contributed by atoms with Crippen molar-refractivity contribution in [1.29, 1.82) is 0 Å². The molecule has 0 radical (unpaired) electrons. The topological polar surface area (TPSA) is 83.1 Å². The molecule has 15 heavy (non-hydrogen) atoms. The van der Waals surface area contributed by atoms with Crippen LogP contribution >= 0.6 is 0 Å². The van der Waals surface area contributed by atoms with E-state index in [1.807, 2.05) is 0 Å². The summed E-state index contributed by atoms with van der Waals surface area (Å²) < 4.78 is 0. The van der Waals surface area contributed by atoms with Crippen molar-refractivity contribution in [3.63, 3.8) is 0 Å². The Balaban J connectivity index is 2.57. The number of nitrogens with one attached hydrogen (secondary N) is 1. The summed E-state index contributed by atoms with van der Waals surface area (Å²) in [5.41, 5.74) is 8.98. The van der Waals surface area contributed by atoms with Crippen LogP contribution in [0.2, 0.25) is 0 Å². The number of hydrogen-bond acceptors (Lipinski definition) is 5. The van der Waals surface area contributed by atoms with E-state index in [0.717, 1.165) is 5.12 Å². The molecule has 0 aromatic heterocycles. The summed E-state index contributed by atoms with van der Waals surface area (Å²) in [4.78, 5) is 15.8. The van der Waals surface area contributed by atoms with Crippen molar-refractivity contribution in [2.75, 3.05) is 0 Å². The second kappa shape index (κ2) is 3.41. The van der Waals surface area contributed by atoms with Crippen molar-refractivity contribution < 1.29 is 4.79 Å². The number of nitrogens with two attached hydrogens (primary N) is 1. The number of carbonyl (C=O) groups is 1. The quantitative estimate of drug-likeness (QED) is 0.640. The number of amides is 1. The van der Waals surface area contributed by atoms with Gasteiger partial charge in [-0.1, -0.05) is 12.1 Å². The summed E-state index contributed by atoms with van der Waals surface area (Å²) in [6.45, 7) is 3.27. The number of hydrazone groups is 1. The number of para-hydroxylation sites is 1. The number of aliphatic imine (C=N–C) groups is 1. The Bertz CT molecular complexity index is 454. The zero-order valence-electron chi connectivity index (χ0n) is 7.84. The zero-order chi connectivity index (χ0) is 10.8. The first-order valence-corrected chi connectivity index (χ1v) is 4.23. The van der Waals surface area contributed by atoms with Gasteiger partial charge in [0.1, 0.15) is 0 Å². The lowest BCUT2D eigenvalue weighted by Gasteiger charge is -2.14. The van der Waals surface area contributed by atoms with Gasteiger partial charge in [-0.15, -0.1) is 5.12 Å². The third-order valence-corrected chi connectivity index (χ3v) is 1.93. The molecule has 0 saturated carbocycles. The van der Waals surface area contributed by atoms with Gasteiger partial charge < -0.3 is 5.73 Å². The van der Waals surface area contributed by atoms with E-state index in [2.05, 4.69) is 22.2 Å². The molecule has 0 aliphatic carbocycles. The van der Waals surface area contributed by atoms with E-state index in [1.54, 1.807) is 24.3 Å². The molecule has 1 aliphatic rings. The van der Waals surface area contributed by atoms with E-state index in [0.29, 0.717) is 11.3 Å². The molecular formula is C9H9N5O. The maximum Gasteiger partial charge on any atom is 0.295 e. The van der Waals surface area contributed by atoms with Crippen LogP contribution in [0.5, 0.6) is 0 Å². The standard InChI is InChI=1S/C9H9N5O/c1-11-14-8(15)6-4-2-3-5-7(6)12-9(10)13-14/h2-5H,1H2,(H3,10,12,13). The van der Waals surface area contributed by atoms with Crippen LogP contribution in [0.4, 0.5) is 5.69 Å². The Hall–Kier alpha value is -2.37. The first kappa shape index (κ1) is 9.20. The summed E-state index contributed by atoms with van der Waals surface area (Å²) >= 11 is 0. The van der Waals surface area contributed by atoms with Gasteiger partial charge in [0.15, 0.2) is 0 Å². The molecule has 2 rings (SSSR count). The summed E-state index contributed by atoms with van der Waals surface area (Å²) in [5, 5.41) is 4.45. The normalized spacial score (nSPS) is 14.8. The number of guanidine groups is 1. The first-order valence-electron chi connectivity index (χ1n) is 4.23. The van der Waals surface area contributed by atoms with Gasteiger partial charge in [0.05, 0.1) is 11.3 Å². The van der Waals surface area contributed by atoms with E-state index in [-0.39, 0.29) is 11.9 Å². The molecular weight excluding hydrogens is 194 g/mol. The van der Waals surface area contributed by atoms with E-state index in [1.165, 1.54) is 0 Å². The molecule has 1 aromatic carbocycles. The molecule has 1 aliphatic heterocycles. The van der Waals surface area contributed by atoms with E-state index < -0.39 is 0 Å². The number of nitrogens with zero attached hydrogens (tertiary/aromatic N) is 3. The van der Waals surface area contributed by atoms with Crippen LogP contribution in [-0.2, 0) is 0 Å². The fourth-order valence-corrected chi connectivity index (χ4v) is 1.28. The van der Waals surface area contributed by atoms with Crippen molar-refractivity contribution in [3.05, 3.63) is 29.8 Å². The molecule has 0 saturated heterocycles. The van der Waals surface area contributed by atoms with E-state index in [9.17, 15) is 4.79 Å². The predicted molar refractivity (Wildman–Crippen MR) is 56.6 cm³/mol. The molecule has 1 amide bonds. The largest absolute Gasteiger partial charge is 0.368 e. The third-order valence-electron chi connectivity index (χ3n) is 1.93. The van der Waals surface area contributed by atoms with Gasteiger partial charge in [0.2, 0.25) is 5.96 Å². The minimum atomic E-state index is -0.343. The summed E-state index contributed by atoms with van der Waals surface area (Å²) in [7, 11) is 0. The fraction of sp³-hybridized carbons (Fsp3) is 0. The highest BCUT2D eigenvalue weighted by molar-refractivity contribution is 6.02. The summed E-state index contributed by atoms with van der Waals surface area (Å²) in [6.07, 6.45) is 0. The molecule has 6 heteroatoms. The van der Waals surface area contributed by atoms with E-state index in [4.69, 9.17) is 5.73 Å². The maximum atomic E-state index is 11.8. The second-order valence-electron chi connectivity index (χ2n) is 2.88. The highest BCUT2D eigenvalue weighted by atomic mass is 16.2. The molecule has 0 unspecified atom stereocenters. The van der Waals surface area contributed by atoms with Gasteiger partial charge in [-0.25, -0.2) is 10.4 Å². The van der Waals surface area contributed by atoms with Crippen LogP contribution in [0.3, 0.4) is 0 Å². The molecule has 3 N–H and O–H groups in total. The molecule has 76 valence electrons. The van der Waals surface area contributed by atoms with Crippen LogP contribution in [-0.4, -0.2) is 23.7 Å². The molecule has 6 nitrogen and oxygen atoms in total. The fourth-order valence-electron chi connectivity index (χ4n) is 1.28. The number of fused-ring (bicyclic) bond motifs is 1. The monoisotopic (exact) mass is 203 g/mol.